The van der Waals surface area contributed by atoms with Crippen LogP contribution in [0.2, 0.25) is 0 Å². The Labute approximate surface area is 136 Å². The molecule has 1 heterocycles. The number of hydrogen-bond acceptors (Lipinski definition) is 4. The van der Waals surface area contributed by atoms with Gasteiger partial charge >= 0.3 is 5.97 Å². The van der Waals surface area contributed by atoms with E-state index < -0.39 is 5.97 Å². The summed E-state index contributed by atoms with van der Waals surface area (Å²) in [7, 11) is 0. The highest BCUT2D eigenvalue weighted by molar-refractivity contribution is 5.70. The van der Waals surface area contributed by atoms with Gasteiger partial charge in [0.2, 0.25) is 0 Å². The molecule has 4 N–H and O–H groups in total. The molecule has 1 aliphatic rings. The standard InChI is InChI=1S/C17H26FN3O2/c1-11(2)7-13(17(22)23)8-19-9-14-10-20-21-16(14)12-3-5-15(18)6-4-12/h3-6,11,13-14,16,19-21H,7-10H2,1-2H3,(H,22,23). The predicted octanol–water partition coefficient (Wildman–Crippen LogP) is 1.93. The van der Waals surface area contributed by atoms with Crippen LogP contribution in [0.15, 0.2) is 24.3 Å². The second-order valence-electron chi connectivity index (χ2n) is 6.64. The Bertz CT molecular complexity index is 507. The van der Waals surface area contributed by atoms with Gasteiger partial charge in [-0.25, -0.2) is 9.82 Å². The molecule has 3 atom stereocenters. The lowest BCUT2D eigenvalue weighted by atomic mass is 9.94. The van der Waals surface area contributed by atoms with Crippen LogP contribution in [0.4, 0.5) is 4.39 Å². The first kappa shape index (κ1) is 17.8. The van der Waals surface area contributed by atoms with Crippen LogP contribution in [-0.2, 0) is 4.79 Å². The van der Waals surface area contributed by atoms with Gasteiger partial charge in [0.15, 0.2) is 0 Å². The van der Waals surface area contributed by atoms with Gasteiger partial charge in [-0.1, -0.05) is 26.0 Å². The lowest BCUT2D eigenvalue weighted by Crippen LogP contribution is -2.34. The Morgan fingerprint density at radius 3 is 2.70 bits per heavy atom. The molecule has 6 heteroatoms. The van der Waals surface area contributed by atoms with E-state index in [1.807, 2.05) is 13.8 Å². The molecular weight excluding hydrogens is 297 g/mol. The van der Waals surface area contributed by atoms with Gasteiger partial charge in [-0.3, -0.25) is 10.2 Å². The van der Waals surface area contributed by atoms with Crippen LogP contribution < -0.4 is 16.2 Å². The van der Waals surface area contributed by atoms with E-state index >= 15 is 0 Å². The Morgan fingerprint density at radius 1 is 1.39 bits per heavy atom. The number of hydrogen-bond donors (Lipinski definition) is 4. The van der Waals surface area contributed by atoms with Crippen LogP contribution in [-0.4, -0.2) is 30.7 Å². The normalized spacial score (nSPS) is 22.4. The summed E-state index contributed by atoms with van der Waals surface area (Å²) in [5.74, 6) is -0.702. The number of nitrogens with one attached hydrogen (secondary N) is 3. The highest BCUT2D eigenvalue weighted by Crippen LogP contribution is 2.24. The molecule has 1 aliphatic heterocycles. The average molecular weight is 323 g/mol. The lowest BCUT2D eigenvalue weighted by molar-refractivity contribution is -0.142. The van der Waals surface area contributed by atoms with Crippen molar-refractivity contribution >= 4 is 5.97 Å². The quantitative estimate of drug-likeness (QED) is 0.588. The maximum Gasteiger partial charge on any atom is 0.307 e. The molecule has 1 fully saturated rings. The minimum absolute atomic E-state index is 0.0940. The number of halogens is 1. The molecule has 2 rings (SSSR count). The molecule has 5 nitrogen and oxygen atoms in total. The van der Waals surface area contributed by atoms with Crippen molar-refractivity contribution in [2.45, 2.75) is 26.3 Å². The highest BCUT2D eigenvalue weighted by atomic mass is 19.1. The molecule has 0 amide bonds. The van der Waals surface area contributed by atoms with E-state index in [1.165, 1.54) is 12.1 Å². The Hall–Kier alpha value is -1.50. The fraction of sp³-hybridized carbons (Fsp3) is 0.588. The second-order valence-corrected chi connectivity index (χ2v) is 6.64. The van der Waals surface area contributed by atoms with Crippen LogP contribution in [0.1, 0.15) is 31.9 Å². The molecule has 23 heavy (non-hydrogen) atoms. The summed E-state index contributed by atoms with van der Waals surface area (Å²) in [4.78, 5) is 11.3. The van der Waals surface area contributed by atoms with E-state index in [0.717, 1.165) is 12.1 Å². The molecule has 0 bridgehead atoms. The van der Waals surface area contributed by atoms with Gasteiger partial charge in [-0.15, -0.1) is 0 Å². The molecule has 1 saturated heterocycles. The molecule has 128 valence electrons. The minimum Gasteiger partial charge on any atom is -0.481 e. The van der Waals surface area contributed by atoms with Crippen LogP contribution in [0.5, 0.6) is 0 Å². The van der Waals surface area contributed by atoms with Crippen molar-refractivity contribution in [1.82, 2.24) is 16.2 Å². The zero-order valence-corrected chi connectivity index (χ0v) is 13.7. The predicted molar refractivity (Wildman–Crippen MR) is 87.2 cm³/mol. The number of carboxylic acid groups (broad SMARTS) is 1. The van der Waals surface area contributed by atoms with Crippen molar-refractivity contribution in [2.75, 3.05) is 19.6 Å². The largest absolute Gasteiger partial charge is 0.481 e. The fourth-order valence-corrected chi connectivity index (χ4v) is 3.03. The van der Waals surface area contributed by atoms with Crippen molar-refractivity contribution in [3.05, 3.63) is 35.6 Å². The highest BCUT2D eigenvalue weighted by Gasteiger charge is 2.28. The van der Waals surface area contributed by atoms with E-state index in [4.69, 9.17) is 0 Å². The zero-order valence-electron chi connectivity index (χ0n) is 13.7. The maximum atomic E-state index is 13.0. The monoisotopic (exact) mass is 323 g/mol. The zero-order chi connectivity index (χ0) is 16.8. The smallest absolute Gasteiger partial charge is 0.307 e. The molecular formula is C17H26FN3O2. The van der Waals surface area contributed by atoms with Gasteiger partial charge in [-0.2, -0.15) is 0 Å². The van der Waals surface area contributed by atoms with E-state index in [0.29, 0.717) is 25.4 Å². The van der Waals surface area contributed by atoms with E-state index in [2.05, 4.69) is 16.2 Å². The van der Waals surface area contributed by atoms with E-state index in [1.54, 1.807) is 12.1 Å². The molecule has 0 radical (unpaired) electrons. The van der Waals surface area contributed by atoms with Crippen molar-refractivity contribution in [3.8, 4) is 0 Å². The SMILES string of the molecule is CC(C)CC(CNCC1CNNC1c1ccc(F)cc1)C(=O)O. The number of carboxylic acids is 1. The number of rotatable bonds is 8. The van der Waals surface area contributed by atoms with Crippen molar-refractivity contribution in [2.24, 2.45) is 17.8 Å². The summed E-state index contributed by atoms with van der Waals surface area (Å²) in [6, 6.07) is 6.58. The summed E-state index contributed by atoms with van der Waals surface area (Å²) in [6.45, 7) is 6.04. The molecule has 3 unspecified atom stereocenters. The first-order chi connectivity index (χ1) is 11.0. The van der Waals surface area contributed by atoms with Crippen molar-refractivity contribution < 1.29 is 14.3 Å². The van der Waals surface area contributed by atoms with Gasteiger partial charge in [-0.05, 0) is 30.0 Å². The van der Waals surface area contributed by atoms with Gasteiger partial charge in [0.05, 0.1) is 12.0 Å². The Balaban J connectivity index is 1.86. The van der Waals surface area contributed by atoms with Crippen LogP contribution in [0, 0.1) is 23.6 Å². The summed E-state index contributed by atoms with van der Waals surface area (Å²) >= 11 is 0. The molecule has 1 aromatic carbocycles. The van der Waals surface area contributed by atoms with Crippen LogP contribution in [0.25, 0.3) is 0 Å². The summed E-state index contributed by atoms with van der Waals surface area (Å²) in [5, 5.41) is 12.6. The number of carbonyl (C=O) groups is 1. The van der Waals surface area contributed by atoms with Crippen molar-refractivity contribution in [3.63, 3.8) is 0 Å². The fourth-order valence-electron chi connectivity index (χ4n) is 3.03. The number of hydrazine groups is 1. The van der Waals surface area contributed by atoms with Gasteiger partial charge in [0.25, 0.3) is 0 Å². The van der Waals surface area contributed by atoms with Gasteiger partial charge in [0.1, 0.15) is 5.82 Å². The summed E-state index contributed by atoms with van der Waals surface area (Å²) < 4.78 is 13.0. The topological polar surface area (TPSA) is 73.4 Å². The van der Waals surface area contributed by atoms with Gasteiger partial charge in [0, 0.05) is 25.6 Å². The maximum absolute atomic E-state index is 13.0. The third kappa shape index (κ3) is 5.27. The van der Waals surface area contributed by atoms with Crippen LogP contribution in [0.3, 0.4) is 0 Å². The third-order valence-electron chi connectivity index (χ3n) is 4.22. The molecule has 0 aliphatic carbocycles. The first-order valence-electron chi connectivity index (χ1n) is 8.14. The minimum atomic E-state index is -0.746. The molecule has 0 spiro atoms. The average Bonchev–Trinajstić information content (AvgIpc) is 2.95. The second kappa shape index (κ2) is 8.38. The summed E-state index contributed by atoms with van der Waals surface area (Å²) in [6.07, 6.45) is 0.672. The van der Waals surface area contributed by atoms with Crippen molar-refractivity contribution in [1.29, 1.82) is 0 Å². The first-order valence-corrected chi connectivity index (χ1v) is 8.14. The Kier molecular flexibility index (Phi) is 6.50. The van der Waals surface area contributed by atoms with E-state index in [-0.39, 0.29) is 23.7 Å². The van der Waals surface area contributed by atoms with E-state index in [9.17, 15) is 14.3 Å². The summed E-state index contributed by atoms with van der Waals surface area (Å²) in [5.41, 5.74) is 7.36. The van der Waals surface area contributed by atoms with Gasteiger partial charge < -0.3 is 10.4 Å². The molecule has 0 saturated carbocycles. The molecule has 0 aromatic heterocycles. The number of aliphatic carboxylic acids is 1. The number of benzene rings is 1. The lowest BCUT2D eigenvalue weighted by Gasteiger charge is -2.21. The van der Waals surface area contributed by atoms with Crippen LogP contribution >= 0.6 is 0 Å². The third-order valence-corrected chi connectivity index (χ3v) is 4.22. The molecule has 1 aromatic rings. The Morgan fingerprint density at radius 2 is 2.09 bits per heavy atom.